The van der Waals surface area contributed by atoms with Crippen LogP contribution in [0, 0.1) is 0 Å². The van der Waals surface area contributed by atoms with Crippen LogP contribution in [0.4, 0.5) is 0 Å². The highest BCUT2D eigenvalue weighted by molar-refractivity contribution is 6.30. The van der Waals surface area contributed by atoms with Crippen LogP contribution >= 0.6 is 11.6 Å². The lowest BCUT2D eigenvalue weighted by atomic mass is 10.1. The van der Waals surface area contributed by atoms with Gasteiger partial charge in [-0.2, -0.15) is 5.10 Å². The van der Waals surface area contributed by atoms with Crippen molar-refractivity contribution in [2.45, 2.75) is 12.6 Å². The van der Waals surface area contributed by atoms with Crippen LogP contribution in [0.5, 0.6) is 0 Å². The third-order valence-corrected chi connectivity index (χ3v) is 3.43. The van der Waals surface area contributed by atoms with Crippen molar-refractivity contribution >= 4 is 11.6 Å². The molecule has 0 fully saturated rings. The molecular formula is C15H13ClN4O. The van der Waals surface area contributed by atoms with E-state index in [9.17, 15) is 5.11 Å². The minimum atomic E-state index is -0.935. The van der Waals surface area contributed by atoms with Crippen LogP contribution in [-0.4, -0.2) is 24.9 Å². The maximum atomic E-state index is 10.3. The summed E-state index contributed by atoms with van der Waals surface area (Å²) in [7, 11) is 0. The zero-order valence-corrected chi connectivity index (χ0v) is 11.9. The van der Waals surface area contributed by atoms with Crippen LogP contribution in [0.3, 0.4) is 0 Å². The lowest BCUT2D eigenvalue weighted by molar-refractivity contribution is 0.213. The van der Waals surface area contributed by atoms with Crippen molar-refractivity contribution in [2.75, 3.05) is 0 Å². The van der Waals surface area contributed by atoms with Crippen molar-refractivity contribution < 1.29 is 5.11 Å². The first-order valence-corrected chi connectivity index (χ1v) is 6.82. The predicted octanol–water partition coefficient (Wildman–Crippen LogP) is 2.46. The lowest BCUT2D eigenvalue weighted by Crippen LogP contribution is -2.06. The van der Waals surface area contributed by atoms with Crippen molar-refractivity contribution in [1.82, 2.24) is 19.7 Å². The fourth-order valence-electron chi connectivity index (χ4n) is 2.05. The number of aliphatic hydroxyl groups excluding tert-OH is 1. The minimum absolute atomic E-state index is 0.232. The van der Waals surface area contributed by atoms with Gasteiger partial charge in [0.05, 0.1) is 12.2 Å². The Labute approximate surface area is 126 Å². The molecule has 0 bridgehead atoms. The summed E-state index contributed by atoms with van der Waals surface area (Å²) in [6.07, 6.45) is 3.72. The van der Waals surface area contributed by atoms with Crippen LogP contribution < -0.4 is 0 Å². The number of aromatic nitrogens is 4. The molecule has 0 aliphatic rings. The van der Waals surface area contributed by atoms with E-state index in [4.69, 9.17) is 11.6 Å². The molecule has 21 heavy (non-hydrogen) atoms. The van der Waals surface area contributed by atoms with Crippen molar-refractivity contribution in [3.05, 3.63) is 77.1 Å². The van der Waals surface area contributed by atoms with Crippen LogP contribution in [0.15, 0.2) is 55.1 Å². The van der Waals surface area contributed by atoms with Gasteiger partial charge in [-0.25, -0.2) is 9.97 Å². The van der Waals surface area contributed by atoms with Gasteiger partial charge in [0.1, 0.15) is 17.6 Å². The van der Waals surface area contributed by atoms with E-state index in [1.807, 2.05) is 36.5 Å². The van der Waals surface area contributed by atoms with Crippen molar-refractivity contribution in [3.63, 3.8) is 0 Å². The van der Waals surface area contributed by atoms with E-state index >= 15 is 0 Å². The number of halogens is 1. The van der Waals surface area contributed by atoms with E-state index < -0.39 is 6.10 Å². The monoisotopic (exact) mass is 300 g/mol. The number of nitrogens with zero attached hydrogens (tertiary/aromatic N) is 4. The summed E-state index contributed by atoms with van der Waals surface area (Å²) in [6, 6.07) is 11.8. The van der Waals surface area contributed by atoms with E-state index in [1.54, 1.807) is 10.7 Å². The van der Waals surface area contributed by atoms with Gasteiger partial charge in [0.15, 0.2) is 0 Å². The smallest absolute Gasteiger partial charge is 0.138 e. The van der Waals surface area contributed by atoms with Crippen LogP contribution in [-0.2, 0) is 6.54 Å². The van der Waals surface area contributed by atoms with Gasteiger partial charge in [0, 0.05) is 18.0 Å². The molecule has 0 saturated carbocycles. The molecule has 0 aliphatic heterocycles. The second-order valence-corrected chi connectivity index (χ2v) is 4.95. The van der Waals surface area contributed by atoms with Gasteiger partial charge in [-0.1, -0.05) is 41.9 Å². The summed E-state index contributed by atoms with van der Waals surface area (Å²) >= 11 is 5.96. The van der Waals surface area contributed by atoms with Gasteiger partial charge in [-0.3, -0.25) is 4.68 Å². The first-order chi connectivity index (χ1) is 10.2. The zero-order valence-electron chi connectivity index (χ0n) is 11.1. The molecule has 0 saturated heterocycles. The summed E-state index contributed by atoms with van der Waals surface area (Å²) in [5.41, 5.74) is 2.11. The highest BCUT2D eigenvalue weighted by Crippen LogP contribution is 2.24. The third kappa shape index (κ3) is 3.09. The average molecular weight is 301 g/mol. The molecular weight excluding hydrogens is 288 g/mol. The molecule has 6 heteroatoms. The standard InChI is InChI=1S/C15H13ClN4O/c16-15-12(8-17-10-18-15)14(21)13-6-7-20(19-13)9-11-4-2-1-3-5-11/h1-8,10,14,21H,9H2. The SMILES string of the molecule is OC(c1ccn(Cc2ccccc2)n1)c1cncnc1Cl. The second-order valence-electron chi connectivity index (χ2n) is 4.60. The second kappa shape index (κ2) is 6.03. The summed E-state index contributed by atoms with van der Waals surface area (Å²) < 4.78 is 1.77. The van der Waals surface area contributed by atoms with E-state index in [-0.39, 0.29) is 5.15 Å². The van der Waals surface area contributed by atoms with Gasteiger partial charge in [0.25, 0.3) is 0 Å². The highest BCUT2D eigenvalue weighted by atomic mass is 35.5. The van der Waals surface area contributed by atoms with Gasteiger partial charge < -0.3 is 5.11 Å². The first kappa shape index (κ1) is 13.7. The lowest BCUT2D eigenvalue weighted by Gasteiger charge is -2.08. The Bertz CT molecular complexity index is 729. The molecule has 1 atom stereocenters. The molecule has 1 aromatic carbocycles. The Morgan fingerprint density at radius 3 is 2.76 bits per heavy atom. The van der Waals surface area contributed by atoms with Crippen molar-refractivity contribution in [2.24, 2.45) is 0 Å². The average Bonchev–Trinajstić information content (AvgIpc) is 2.97. The fraction of sp³-hybridized carbons (Fsp3) is 0.133. The van der Waals surface area contributed by atoms with Gasteiger partial charge in [0.2, 0.25) is 0 Å². The molecule has 5 nitrogen and oxygen atoms in total. The molecule has 0 amide bonds. The molecule has 2 aromatic heterocycles. The predicted molar refractivity (Wildman–Crippen MR) is 78.9 cm³/mol. The Morgan fingerprint density at radius 1 is 1.19 bits per heavy atom. The molecule has 106 valence electrons. The molecule has 3 rings (SSSR count). The number of aliphatic hydroxyl groups is 1. The first-order valence-electron chi connectivity index (χ1n) is 6.45. The Kier molecular flexibility index (Phi) is 3.94. The third-order valence-electron chi connectivity index (χ3n) is 3.11. The Balaban J connectivity index is 1.80. The summed E-state index contributed by atoms with van der Waals surface area (Å²) in [5.74, 6) is 0. The van der Waals surface area contributed by atoms with Gasteiger partial charge >= 0.3 is 0 Å². The molecule has 3 aromatic rings. The van der Waals surface area contributed by atoms with Crippen LogP contribution in [0.25, 0.3) is 0 Å². The Hall–Kier alpha value is -2.24. The van der Waals surface area contributed by atoms with Gasteiger partial charge in [-0.05, 0) is 11.6 Å². The molecule has 2 heterocycles. The van der Waals surface area contributed by atoms with E-state index in [2.05, 4.69) is 15.1 Å². The van der Waals surface area contributed by atoms with E-state index in [0.717, 1.165) is 5.56 Å². The van der Waals surface area contributed by atoms with Gasteiger partial charge in [-0.15, -0.1) is 0 Å². The maximum absolute atomic E-state index is 10.3. The van der Waals surface area contributed by atoms with Crippen molar-refractivity contribution in [1.29, 1.82) is 0 Å². The molecule has 0 radical (unpaired) electrons. The largest absolute Gasteiger partial charge is 0.382 e. The molecule has 0 aliphatic carbocycles. The summed E-state index contributed by atoms with van der Waals surface area (Å²) in [6.45, 7) is 0.645. The number of hydrogen-bond donors (Lipinski definition) is 1. The van der Waals surface area contributed by atoms with Crippen LogP contribution in [0.1, 0.15) is 22.9 Å². The highest BCUT2D eigenvalue weighted by Gasteiger charge is 2.17. The quantitative estimate of drug-likeness (QED) is 0.752. The summed E-state index contributed by atoms with van der Waals surface area (Å²) in [5, 5.41) is 14.9. The Morgan fingerprint density at radius 2 is 2.00 bits per heavy atom. The number of hydrogen-bond acceptors (Lipinski definition) is 4. The maximum Gasteiger partial charge on any atom is 0.138 e. The minimum Gasteiger partial charge on any atom is -0.382 e. The van der Waals surface area contributed by atoms with Crippen molar-refractivity contribution in [3.8, 4) is 0 Å². The normalized spacial score (nSPS) is 12.3. The molecule has 1 unspecified atom stereocenters. The van der Waals surface area contributed by atoms with E-state index in [1.165, 1.54) is 12.5 Å². The number of rotatable bonds is 4. The topological polar surface area (TPSA) is 63.8 Å². The number of benzene rings is 1. The molecule has 1 N–H and O–H groups in total. The zero-order chi connectivity index (χ0) is 14.7. The summed E-state index contributed by atoms with van der Waals surface area (Å²) in [4.78, 5) is 7.74. The van der Waals surface area contributed by atoms with Crippen LogP contribution in [0.2, 0.25) is 5.15 Å². The van der Waals surface area contributed by atoms with E-state index in [0.29, 0.717) is 17.8 Å². The fourth-order valence-corrected chi connectivity index (χ4v) is 2.25. The molecule has 0 spiro atoms.